The van der Waals surface area contributed by atoms with E-state index in [9.17, 15) is 5.11 Å². The summed E-state index contributed by atoms with van der Waals surface area (Å²) in [5.74, 6) is 1.13. The van der Waals surface area contributed by atoms with Gasteiger partial charge in [0.1, 0.15) is 11.4 Å². The minimum atomic E-state index is -0.742. The zero-order valence-corrected chi connectivity index (χ0v) is 12.1. The maximum Gasteiger partial charge on any atom is 0.141 e. The van der Waals surface area contributed by atoms with Crippen LogP contribution in [0.15, 0.2) is 12.4 Å². The number of hydrogen-bond donors (Lipinski definition) is 1. The van der Waals surface area contributed by atoms with Crippen molar-refractivity contribution in [1.29, 1.82) is 0 Å². The molecule has 1 aromatic heterocycles. The lowest BCUT2D eigenvalue weighted by atomic mass is 9.65. The van der Waals surface area contributed by atoms with E-state index in [-0.39, 0.29) is 5.92 Å². The van der Waals surface area contributed by atoms with Crippen LogP contribution in [0, 0.1) is 11.3 Å². The average molecular weight is 250 g/mol. The van der Waals surface area contributed by atoms with Crippen LogP contribution in [0.2, 0.25) is 0 Å². The molecule has 2 unspecified atom stereocenters. The molecular formula is C15H26N2O. The predicted molar refractivity (Wildman–Crippen MR) is 73.2 cm³/mol. The van der Waals surface area contributed by atoms with Gasteiger partial charge in [0, 0.05) is 18.9 Å². The lowest BCUT2D eigenvalue weighted by Gasteiger charge is -2.44. The molecule has 18 heavy (non-hydrogen) atoms. The van der Waals surface area contributed by atoms with E-state index in [0.29, 0.717) is 5.41 Å². The number of hydrogen-bond acceptors (Lipinski definition) is 2. The molecule has 3 heteroatoms. The molecule has 1 aliphatic rings. The van der Waals surface area contributed by atoms with Crippen LogP contribution in [0.3, 0.4) is 0 Å². The van der Waals surface area contributed by atoms with Crippen LogP contribution in [-0.4, -0.2) is 14.7 Å². The summed E-state index contributed by atoms with van der Waals surface area (Å²) in [6.07, 6.45) is 7.81. The van der Waals surface area contributed by atoms with Gasteiger partial charge in [-0.15, -0.1) is 0 Å². The molecule has 1 fully saturated rings. The van der Waals surface area contributed by atoms with Crippen LogP contribution < -0.4 is 0 Å². The van der Waals surface area contributed by atoms with Gasteiger partial charge in [-0.25, -0.2) is 4.98 Å². The van der Waals surface area contributed by atoms with Gasteiger partial charge in [0.15, 0.2) is 0 Å². The van der Waals surface area contributed by atoms with Gasteiger partial charge >= 0.3 is 0 Å². The van der Waals surface area contributed by atoms with Gasteiger partial charge in [-0.1, -0.05) is 27.7 Å². The highest BCUT2D eigenvalue weighted by Gasteiger charge is 2.46. The van der Waals surface area contributed by atoms with Crippen molar-refractivity contribution in [2.45, 2.75) is 65.5 Å². The Hall–Kier alpha value is -0.830. The zero-order valence-electron chi connectivity index (χ0n) is 12.1. The van der Waals surface area contributed by atoms with Crippen LogP contribution >= 0.6 is 0 Å². The number of aryl methyl sites for hydroxylation is 1. The van der Waals surface area contributed by atoms with Gasteiger partial charge in [-0.2, -0.15) is 0 Å². The van der Waals surface area contributed by atoms with E-state index in [1.165, 1.54) is 0 Å². The van der Waals surface area contributed by atoms with Crippen molar-refractivity contribution in [2.75, 3.05) is 0 Å². The molecule has 0 bridgehead atoms. The SMILES string of the molecule is CCCn1ccnc1C1(O)CCC(C)(C)CC1C. The van der Waals surface area contributed by atoms with E-state index < -0.39 is 5.60 Å². The quantitative estimate of drug-likeness (QED) is 0.893. The Bertz CT molecular complexity index is 410. The van der Waals surface area contributed by atoms with Crippen LogP contribution in [0.1, 0.15) is 59.2 Å². The first-order chi connectivity index (χ1) is 8.39. The van der Waals surface area contributed by atoms with Crippen LogP contribution in [0.5, 0.6) is 0 Å². The third-order valence-corrected chi connectivity index (χ3v) is 4.42. The normalized spacial score (nSPS) is 31.5. The average Bonchev–Trinajstić information content (AvgIpc) is 2.73. The summed E-state index contributed by atoms with van der Waals surface area (Å²) in [4.78, 5) is 4.44. The maximum atomic E-state index is 11.1. The van der Waals surface area contributed by atoms with Crippen molar-refractivity contribution in [1.82, 2.24) is 9.55 Å². The van der Waals surface area contributed by atoms with Gasteiger partial charge in [0.05, 0.1) is 0 Å². The molecule has 0 aliphatic heterocycles. The van der Waals surface area contributed by atoms with E-state index in [1.807, 2.05) is 12.4 Å². The van der Waals surface area contributed by atoms with Gasteiger partial charge in [0.25, 0.3) is 0 Å². The smallest absolute Gasteiger partial charge is 0.141 e. The van der Waals surface area contributed by atoms with E-state index in [4.69, 9.17) is 0 Å². The second-order valence-corrected chi connectivity index (χ2v) is 6.64. The number of aromatic nitrogens is 2. The third kappa shape index (κ3) is 2.33. The van der Waals surface area contributed by atoms with Crippen molar-refractivity contribution in [3.05, 3.63) is 18.2 Å². The Kier molecular flexibility index (Phi) is 3.54. The fraction of sp³-hybridized carbons (Fsp3) is 0.800. The zero-order chi connectivity index (χ0) is 13.4. The largest absolute Gasteiger partial charge is 0.382 e. The topological polar surface area (TPSA) is 38.0 Å². The number of imidazole rings is 1. The van der Waals surface area contributed by atoms with Gasteiger partial charge < -0.3 is 9.67 Å². The first-order valence-electron chi connectivity index (χ1n) is 7.13. The summed E-state index contributed by atoms with van der Waals surface area (Å²) in [5.41, 5.74) is -0.401. The molecule has 0 spiro atoms. The summed E-state index contributed by atoms with van der Waals surface area (Å²) in [6, 6.07) is 0. The summed E-state index contributed by atoms with van der Waals surface area (Å²) in [7, 11) is 0. The van der Waals surface area contributed by atoms with E-state index in [0.717, 1.165) is 38.1 Å². The maximum absolute atomic E-state index is 11.1. The molecule has 3 nitrogen and oxygen atoms in total. The molecule has 1 saturated carbocycles. The summed E-state index contributed by atoms with van der Waals surface area (Å²) in [6.45, 7) is 9.84. The number of aliphatic hydroxyl groups is 1. The second kappa shape index (κ2) is 4.69. The minimum Gasteiger partial charge on any atom is -0.382 e. The molecule has 1 N–H and O–H groups in total. The lowest BCUT2D eigenvalue weighted by Crippen LogP contribution is -2.43. The second-order valence-electron chi connectivity index (χ2n) is 6.64. The van der Waals surface area contributed by atoms with E-state index in [1.54, 1.807) is 0 Å². The summed E-state index contributed by atoms with van der Waals surface area (Å²) in [5, 5.41) is 11.1. The summed E-state index contributed by atoms with van der Waals surface area (Å²) < 4.78 is 2.12. The van der Waals surface area contributed by atoms with Crippen molar-refractivity contribution in [3.8, 4) is 0 Å². The molecule has 0 aromatic carbocycles. The molecule has 0 saturated heterocycles. The third-order valence-electron chi connectivity index (χ3n) is 4.42. The Morgan fingerprint density at radius 2 is 2.17 bits per heavy atom. The van der Waals surface area contributed by atoms with Gasteiger partial charge in [0.2, 0.25) is 0 Å². The van der Waals surface area contributed by atoms with E-state index >= 15 is 0 Å². The molecule has 2 atom stereocenters. The Morgan fingerprint density at radius 3 is 2.78 bits per heavy atom. The first-order valence-corrected chi connectivity index (χ1v) is 7.13. The Labute approximate surface area is 110 Å². The standard InChI is InChI=1S/C15H26N2O/c1-5-9-17-10-8-16-13(17)15(18)7-6-14(3,4)11-12(15)2/h8,10,12,18H,5-7,9,11H2,1-4H3. The highest BCUT2D eigenvalue weighted by Crippen LogP contribution is 2.48. The van der Waals surface area contributed by atoms with Crippen LogP contribution in [0.25, 0.3) is 0 Å². The van der Waals surface area contributed by atoms with Crippen molar-refractivity contribution in [3.63, 3.8) is 0 Å². The van der Waals surface area contributed by atoms with Gasteiger partial charge in [-0.05, 0) is 37.0 Å². The molecular weight excluding hydrogens is 224 g/mol. The fourth-order valence-corrected chi connectivity index (χ4v) is 3.32. The molecule has 0 amide bonds. The Morgan fingerprint density at radius 1 is 1.44 bits per heavy atom. The lowest BCUT2D eigenvalue weighted by molar-refractivity contribution is -0.0855. The van der Waals surface area contributed by atoms with Gasteiger partial charge in [-0.3, -0.25) is 0 Å². The molecule has 2 rings (SSSR count). The Balaban J connectivity index is 2.28. The van der Waals surface area contributed by atoms with Crippen LogP contribution in [-0.2, 0) is 12.1 Å². The molecule has 0 radical (unpaired) electrons. The van der Waals surface area contributed by atoms with Crippen molar-refractivity contribution >= 4 is 0 Å². The highest BCUT2D eigenvalue weighted by atomic mass is 16.3. The van der Waals surface area contributed by atoms with E-state index in [2.05, 4.69) is 37.2 Å². The van der Waals surface area contributed by atoms with Crippen molar-refractivity contribution in [2.24, 2.45) is 11.3 Å². The van der Waals surface area contributed by atoms with Crippen LogP contribution in [0.4, 0.5) is 0 Å². The predicted octanol–water partition coefficient (Wildman–Crippen LogP) is 3.33. The monoisotopic (exact) mass is 250 g/mol. The number of rotatable bonds is 3. The summed E-state index contributed by atoms with van der Waals surface area (Å²) >= 11 is 0. The highest BCUT2D eigenvalue weighted by molar-refractivity contribution is 5.10. The minimum absolute atomic E-state index is 0.263. The first kappa shape index (κ1) is 13.6. The molecule has 1 aromatic rings. The van der Waals surface area contributed by atoms with Crippen molar-refractivity contribution < 1.29 is 5.11 Å². The molecule has 1 heterocycles. The number of nitrogens with zero attached hydrogens (tertiary/aromatic N) is 2. The fourth-order valence-electron chi connectivity index (χ4n) is 3.32. The molecule has 102 valence electrons. The molecule has 1 aliphatic carbocycles.